The third-order valence-corrected chi connectivity index (χ3v) is 7.42. The zero-order chi connectivity index (χ0) is 18.1. The molecule has 0 aromatic carbocycles. The molecule has 0 bridgehead atoms. The van der Waals surface area contributed by atoms with E-state index in [-0.39, 0.29) is 4.75 Å². The van der Waals surface area contributed by atoms with Crippen molar-refractivity contribution >= 4 is 49.3 Å². The van der Waals surface area contributed by atoms with Gasteiger partial charge in [0.15, 0.2) is 0 Å². The van der Waals surface area contributed by atoms with Crippen LogP contribution in [-0.2, 0) is 12.2 Å². The first kappa shape index (κ1) is 18.0. The molecular weight excluding hydrogens is 360 g/mol. The summed E-state index contributed by atoms with van der Waals surface area (Å²) in [5.41, 5.74) is 3.67. The molecule has 0 aliphatic carbocycles. The largest absolute Gasteiger partial charge is 0.369 e. The zero-order valence-corrected chi connectivity index (χ0v) is 17.4. The predicted molar refractivity (Wildman–Crippen MR) is 114 cm³/mol. The first-order valence-corrected chi connectivity index (χ1v) is 11.3. The molecule has 26 heavy (non-hydrogen) atoms. The number of hydrogen-bond acceptors (Lipinski definition) is 6. The fourth-order valence-corrected chi connectivity index (χ4v) is 5.60. The molecule has 0 saturated heterocycles. The summed E-state index contributed by atoms with van der Waals surface area (Å²) in [6, 6.07) is 2.32. The van der Waals surface area contributed by atoms with Crippen molar-refractivity contribution < 1.29 is 0 Å². The van der Waals surface area contributed by atoms with Crippen molar-refractivity contribution in [1.82, 2.24) is 15.0 Å². The molecule has 1 aliphatic heterocycles. The van der Waals surface area contributed by atoms with Crippen LogP contribution in [0.4, 0.5) is 5.82 Å². The summed E-state index contributed by atoms with van der Waals surface area (Å²) in [7, 11) is 0. The first-order valence-electron chi connectivity index (χ1n) is 9.51. The third-order valence-electron chi connectivity index (χ3n) is 4.95. The van der Waals surface area contributed by atoms with Crippen molar-refractivity contribution in [2.24, 2.45) is 0 Å². The van der Waals surface area contributed by atoms with Gasteiger partial charge in [0.1, 0.15) is 17.0 Å². The molecule has 1 N–H and O–H groups in total. The molecule has 4 nitrogen and oxygen atoms in total. The minimum Gasteiger partial charge on any atom is -0.369 e. The van der Waals surface area contributed by atoms with Crippen LogP contribution in [0.15, 0.2) is 12.4 Å². The van der Waals surface area contributed by atoms with E-state index in [4.69, 9.17) is 4.98 Å². The number of fused-ring (bicyclic) bond motifs is 4. The number of aromatic nitrogens is 3. The van der Waals surface area contributed by atoms with E-state index in [1.54, 1.807) is 17.7 Å². The van der Waals surface area contributed by atoms with Crippen LogP contribution in [0.1, 0.15) is 57.7 Å². The highest BCUT2D eigenvalue weighted by molar-refractivity contribution is 7.99. The summed E-state index contributed by atoms with van der Waals surface area (Å²) in [5.74, 6) is 2.00. The van der Waals surface area contributed by atoms with Gasteiger partial charge in [-0.25, -0.2) is 15.0 Å². The molecule has 0 saturated carbocycles. The molecule has 1 aliphatic rings. The van der Waals surface area contributed by atoms with Crippen LogP contribution in [0.5, 0.6) is 0 Å². The topological polar surface area (TPSA) is 50.7 Å². The number of pyridine rings is 1. The Morgan fingerprint density at radius 3 is 2.92 bits per heavy atom. The lowest BCUT2D eigenvalue weighted by Gasteiger charge is -2.29. The van der Waals surface area contributed by atoms with Crippen molar-refractivity contribution in [2.75, 3.05) is 11.9 Å². The summed E-state index contributed by atoms with van der Waals surface area (Å²) in [4.78, 5) is 15.2. The number of rotatable bonds is 6. The number of nitrogens with zero attached hydrogens (tertiary/aromatic N) is 3. The van der Waals surface area contributed by atoms with Crippen LogP contribution in [0.2, 0.25) is 0 Å². The second-order valence-corrected chi connectivity index (χ2v) is 10.3. The van der Waals surface area contributed by atoms with Gasteiger partial charge in [0.05, 0.1) is 10.2 Å². The second kappa shape index (κ2) is 7.31. The van der Waals surface area contributed by atoms with Gasteiger partial charge in [-0.1, -0.05) is 40.0 Å². The van der Waals surface area contributed by atoms with Crippen LogP contribution < -0.4 is 5.32 Å². The molecule has 0 fully saturated rings. The summed E-state index contributed by atoms with van der Waals surface area (Å²) < 4.78 is 1.41. The fourth-order valence-electron chi connectivity index (χ4n) is 3.47. The third kappa shape index (κ3) is 3.54. The summed E-state index contributed by atoms with van der Waals surface area (Å²) in [5, 5.41) is 4.70. The summed E-state index contributed by atoms with van der Waals surface area (Å²) in [6.07, 6.45) is 7.73. The van der Waals surface area contributed by atoms with Crippen LogP contribution in [0.25, 0.3) is 20.4 Å². The van der Waals surface area contributed by atoms with Gasteiger partial charge in [-0.05, 0) is 18.1 Å². The Labute approximate surface area is 163 Å². The standard InChI is InChI=1S/C20H26N4S2/c1-4-5-6-7-8-21-18-17-16(22-12-23-18)14-9-13-11-25-20(2,3)10-15(13)24-19(14)26-17/h9,12H,4-8,10-11H2,1-3H3,(H,21,22,23). The van der Waals surface area contributed by atoms with Gasteiger partial charge in [-0.15, -0.1) is 11.3 Å². The monoisotopic (exact) mass is 386 g/mol. The molecule has 4 heterocycles. The molecule has 0 unspecified atom stereocenters. The van der Waals surface area contributed by atoms with Crippen molar-refractivity contribution in [3.63, 3.8) is 0 Å². The lowest BCUT2D eigenvalue weighted by molar-refractivity contribution is 0.679. The van der Waals surface area contributed by atoms with E-state index in [2.05, 4.69) is 42.1 Å². The first-order chi connectivity index (χ1) is 12.6. The van der Waals surface area contributed by atoms with Crippen molar-refractivity contribution in [1.29, 1.82) is 0 Å². The fraction of sp³-hybridized carbons (Fsp3) is 0.550. The number of thiophene rings is 1. The Hall–Kier alpha value is -1.40. The normalized spacial score (nSPS) is 16.1. The zero-order valence-electron chi connectivity index (χ0n) is 15.8. The maximum atomic E-state index is 5.02. The van der Waals surface area contributed by atoms with Gasteiger partial charge < -0.3 is 5.32 Å². The van der Waals surface area contributed by atoms with E-state index in [0.717, 1.165) is 39.6 Å². The number of hydrogen-bond donors (Lipinski definition) is 1. The Balaban J connectivity index is 1.67. The molecule has 0 radical (unpaired) electrons. The lowest BCUT2D eigenvalue weighted by Crippen LogP contribution is -2.24. The molecule has 0 spiro atoms. The minimum absolute atomic E-state index is 0.273. The van der Waals surface area contributed by atoms with Crippen LogP contribution >= 0.6 is 23.1 Å². The Bertz CT molecular complexity index is 932. The maximum Gasteiger partial charge on any atom is 0.147 e. The Kier molecular flexibility index (Phi) is 5.06. The van der Waals surface area contributed by atoms with E-state index in [1.807, 2.05) is 11.8 Å². The van der Waals surface area contributed by atoms with Crippen molar-refractivity contribution in [2.45, 2.75) is 63.4 Å². The average molecular weight is 387 g/mol. The number of anilines is 1. The predicted octanol–water partition coefficient (Wildman–Crippen LogP) is 5.80. The molecule has 4 rings (SSSR count). The molecule has 0 atom stereocenters. The molecular formula is C20H26N4S2. The molecule has 3 aromatic rings. The maximum absolute atomic E-state index is 5.02. The van der Waals surface area contributed by atoms with E-state index in [1.165, 1.54) is 42.3 Å². The summed E-state index contributed by atoms with van der Waals surface area (Å²) >= 11 is 3.74. The van der Waals surface area contributed by atoms with E-state index in [9.17, 15) is 0 Å². The molecule has 0 amide bonds. The van der Waals surface area contributed by atoms with Crippen LogP contribution in [-0.4, -0.2) is 26.2 Å². The van der Waals surface area contributed by atoms with Gasteiger partial charge >= 0.3 is 0 Å². The Morgan fingerprint density at radius 2 is 2.08 bits per heavy atom. The van der Waals surface area contributed by atoms with E-state index in [0.29, 0.717) is 0 Å². The smallest absolute Gasteiger partial charge is 0.147 e. The highest BCUT2D eigenvalue weighted by atomic mass is 32.2. The number of nitrogens with one attached hydrogen (secondary N) is 1. The van der Waals surface area contributed by atoms with Crippen LogP contribution in [0.3, 0.4) is 0 Å². The van der Waals surface area contributed by atoms with Crippen molar-refractivity contribution in [3.05, 3.63) is 23.7 Å². The average Bonchev–Trinajstić information content (AvgIpc) is 2.97. The SMILES string of the molecule is CCCCCCNc1ncnc2c1sc1nc3c(cc12)CSC(C)(C)C3. The van der Waals surface area contributed by atoms with E-state index < -0.39 is 0 Å². The quantitative estimate of drug-likeness (QED) is 0.543. The summed E-state index contributed by atoms with van der Waals surface area (Å²) in [6.45, 7) is 7.83. The van der Waals surface area contributed by atoms with Gasteiger partial charge in [0.2, 0.25) is 0 Å². The number of thioether (sulfide) groups is 1. The lowest BCUT2D eigenvalue weighted by atomic mass is 10.0. The number of unbranched alkanes of at least 4 members (excludes halogenated alkanes) is 3. The molecule has 3 aromatic heterocycles. The van der Waals surface area contributed by atoms with Gasteiger partial charge in [-0.2, -0.15) is 11.8 Å². The second-order valence-electron chi connectivity index (χ2n) is 7.66. The highest BCUT2D eigenvalue weighted by Crippen LogP contribution is 2.41. The van der Waals surface area contributed by atoms with Crippen LogP contribution in [0, 0.1) is 0 Å². The van der Waals surface area contributed by atoms with E-state index >= 15 is 0 Å². The molecule has 6 heteroatoms. The highest BCUT2D eigenvalue weighted by Gasteiger charge is 2.28. The van der Waals surface area contributed by atoms with Gasteiger partial charge in [0.25, 0.3) is 0 Å². The molecule has 138 valence electrons. The Morgan fingerprint density at radius 1 is 1.19 bits per heavy atom. The minimum atomic E-state index is 0.273. The van der Waals surface area contributed by atoms with Crippen molar-refractivity contribution in [3.8, 4) is 0 Å². The van der Waals surface area contributed by atoms with Gasteiger partial charge in [0, 0.05) is 34.5 Å². The van der Waals surface area contributed by atoms with Gasteiger partial charge in [-0.3, -0.25) is 0 Å².